The van der Waals surface area contributed by atoms with Gasteiger partial charge in [-0.15, -0.1) is 0 Å². The zero-order valence-corrected chi connectivity index (χ0v) is 14.4. The van der Waals surface area contributed by atoms with Crippen LogP contribution in [0.3, 0.4) is 0 Å². The highest BCUT2D eigenvalue weighted by molar-refractivity contribution is 5.96. The normalized spacial score (nSPS) is 11.3. The molecule has 5 nitrogen and oxygen atoms in total. The molecule has 2 N–H and O–H groups in total. The minimum absolute atomic E-state index is 0.0970. The van der Waals surface area contributed by atoms with Crippen molar-refractivity contribution in [3.63, 3.8) is 0 Å². The Bertz CT molecular complexity index is 834. The zero-order valence-electron chi connectivity index (χ0n) is 14.4. The third-order valence-corrected chi connectivity index (χ3v) is 3.91. The first-order chi connectivity index (χ1) is 12.9. The highest BCUT2D eigenvalue weighted by Crippen LogP contribution is 2.12. The van der Waals surface area contributed by atoms with Crippen LogP contribution < -0.4 is 0 Å². The van der Waals surface area contributed by atoms with Crippen molar-refractivity contribution in [2.45, 2.75) is 19.4 Å². The molecule has 0 radical (unpaired) electrons. The van der Waals surface area contributed by atoms with Crippen LogP contribution in [0.25, 0.3) is 0 Å². The maximum Gasteiger partial charge on any atom is 0.371 e. The molecule has 0 saturated heterocycles. The van der Waals surface area contributed by atoms with Gasteiger partial charge in [0.05, 0.1) is 6.08 Å². The van der Waals surface area contributed by atoms with Crippen molar-refractivity contribution in [2.24, 2.45) is 0 Å². The van der Waals surface area contributed by atoms with Crippen LogP contribution in [0.5, 0.6) is 0 Å². The summed E-state index contributed by atoms with van der Waals surface area (Å²) in [5.41, 5.74) is 1.15. The molecule has 0 spiro atoms. The zero-order chi connectivity index (χ0) is 19.8. The summed E-state index contributed by atoms with van der Waals surface area (Å²) < 4.78 is 26.7. The summed E-state index contributed by atoms with van der Waals surface area (Å²) in [6.07, 6.45) is 1.43. The number of hydrogen-bond donors (Lipinski definition) is 2. The van der Waals surface area contributed by atoms with Crippen LogP contribution in [0, 0.1) is 11.6 Å². The molecule has 0 unspecified atom stereocenters. The number of carboxylic acids is 1. The van der Waals surface area contributed by atoms with Crippen molar-refractivity contribution in [1.29, 1.82) is 0 Å². The number of aliphatic hydroxyl groups is 1. The van der Waals surface area contributed by atoms with Crippen molar-refractivity contribution in [3.8, 4) is 0 Å². The largest absolute Gasteiger partial charge is 0.502 e. The lowest BCUT2D eigenvalue weighted by molar-refractivity contribution is -0.136. The Labute approximate surface area is 155 Å². The summed E-state index contributed by atoms with van der Waals surface area (Å²) in [5.74, 6) is -4.14. The molecular weight excluding hydrogens is 356 g/mol. The minimum atomic E-state index is -1.61. The van der Waals surface area contributed by atoms with E-state index in [1.807, 2.05) is 0 Å². The number of rotatable bonds is 8. The average molecular weight is 375 g/mol. The molecule has 0 aromatic heterocycles. The maximum atomic E-state index is 13.7. The lowest BCUT2D eigenvalue weighted by Gasteiger charge is -2.21. The number of carbonyl (C=O) groups excluding carboxylic acids is 1. The Balaban J connectivity index is 2.09. The number of hydrogen-bond acceptors (Lipinski definition) is 3. The van der Waals surface area contributed by atoms with Gasteiger partial charge in [-0.25, -0.2) is 13.6 Å². The van der Waals surface area contributed by atoms with E-state index < -0.39 is 23.5 Å². The van der Waals surface area contributed by atoms with E-state index in [9.17, 15) is 23.5 Å². The summed E-state index contributed by atoms with van der Waals surface area (Å²) in [4.78, 5) is 24.3. The SMILES string of the molecule is O=C(O)/C(O)=C/C(=O)N(CCCc1ccccc1F)Cc1ccc(F)cc1. The smallest absolute Gasteiger partial charge is 0.371 e. The van der Waals surface area contributed by atoms with Crippen molar-refractivity contribution in [3.05, 3.63) is 83.1 Å². The number of aryl methyl sites for hydroxylation is 1. The second-order valence-electron chi connectivity index (χ2n) is 5.92. The van der Waals surface area contributed by atoms with Crippen LogP contribution in [0.15, 0.2) is 60.4 Å². The topological polar surface area (TPSA) is 77.8 Å². The van der Waals surface area contributed by atoms with Crippen LogP contribution in [0.4, 0.5) is 8.78 Å². The molecule has 2 rings (SSSR count). The van der Waals surface area contributed by atoms with Gasteiger partial charge in [0.25, 0.3) is 5.91 Å². The van der Waals surface area contributed by atoms with Gasteiger partial charge >= 0.3 is 5.97 Å². The van der Waals surface area contributed by atoms with Gasteiger partial charge < -0.3 is 15.1 Å². The monoisotopic (exact) mass is 375 g/mol. The van der Waals surface area contributed by atoms with Crippen molar-refractivity contribution < 1.29 is 28.6 Å². The second kappa shape index (κ2) is 9.47. The van der Waals surface area contributed by atoms with E-state index in [0.717, 1.165) is 0 Å². The molecule has 0 saturated carbocycles. The molecule has 0 aliphatic carbocycles. The van der Waals surface area contributed by atoms with Gasteiger partial charge in [0.2, 0.25) is 5.76 Å². The average Bonchev–Trinajstić information content (AvgIpc) is 2.63. The van der Waals surface area contributed by atoms with Crippen LogP contribution in [0.1, 0.15) is 17.5 Å². The number of halogens is 2. The first-order valence-corrected chi connectivity index (χ1v) is 8.27. The number of aliphatic hydroxyl groups excluding tert-OH is 1. The Kier molecular flexibility index (Phi) is 7.05. The fraction of sp³-hybridized carbons (Fsp3) is 0.200. The van der Waals surface area contributed by atoms with Crippen LogP contribution >= 0.6 is 0 Å². The molecular formula is C20H19F2NO4. The highest BCUT2D eigenvalue weighted by Gasteiger charge is 2.16. The van der Waals surface area contributed by atoms with Crippen LogP contribution in [0.2, 0.25) is 0 Å². The Hall–Kier alpha value is -3.22. The van der Waals surface area contributed by atoms with E-state index in [4.69, 9.17) is 5.11 Å². The first-order valence-electron chi connectivity index (χ1n) is 8.27. The van der Waals surface area contributed by atoms with Gasteiger partial charge in [0, 0.05) is 13.1 Å². The summed E-state index contributed by atoms with van der Waals surface area (Å²) in [7, 11) is 0. The molecule has 0 aliphatic heterocycles. The molecule has 0 atom stereocenters. The lowest BCUT2D eigenvalue weighted by atomic mass is 10.1. The third-order valence-electron chi connectivity index (χ3n) is 3.91. The van der Waals surface area contributed by atoms with Crippen LogP contribution in [-0.4, -0.2) is 33.5 Å². The van der Waals surface area contributed by atoms with E-state index in [1.165, 1.54) is 35.2 Å². The van der Waals surface area contributed by atoms with E-state index in [-0.39, 0.29) is 18.9 Å². The van der Waals surface area contributed by atoms with E-state index in [0.29, 0.717) is 30.0 Å². The fourth-order valence-corrected chi connectivity index (χ4v) is 2.51. The highest BCUT2D eigenvalue weighted by atomic mass is 19.1. The first kappa shape index (κ1) is 20.1. The van der Waals surface area contributed by atoms with Crippen molar-refractivity contribution in [1.82, 2.24) is 4.90 Å². The molecule has 0 fully saturated rings. The predicted octanol–water partition coefficient (Wildman–Crippen LogP) is 3.45. The molecule has 0 bridgehead atoms. The minimum Gasteiger partial charge on any atom is -0.502 e. The second-order valence-corrected chi connectivity index (χ2v) is 5.92. The number of nitrogens with zero attached hydrogens (tertiary/aromatic N) is 1. The molecule has 27 heavy (non-hydrogen) atoms. The van der Waals surface area contributed by atoms with Gasteiger partial charge in [-0.2, -0.15) is 0 Å². The van der Waals surface area contributed by atoms with E-state index in [2.05, 4.69) is 0 Å². The number of carboxylic acid groups (broad SMARTS) is 1. The van der Waals surface area contributed by atoms with Gasteiger partial charge in [-0.1, -0.05) is 30.3 Å². The number of aliphatic carboxylic acids is 1. The van der Waals surface area contributed by atoms with Gasteiger partial charge in [0.1, 0.15) is 11.6 Å². The standard InChI is InChI=1S/C20H19F2NO4/c21-16-9-7-14(8-10-16)13-23(19(25)12-18(24)20(26)27)11-3-5-15-4-1-2-6-17(15)22/h1-2,4,6-10,12,24H,3,5,11,13H2,(H,26,27)/b18-12-. The Morgan fingerprint density at radius 3 is 2.30 bits per heavy atom. The summed E-state index contributed by atoms with van der Waals surface area (Å²) in [6, 6.07) is 11.8. The van der Waals surface area contributed by atoms with E-state index in [1.54, 1.807) is 18.2 Å². The summed E-state index contributed by atoms with van der Waals surface area (Å²) in [6.45, 7) is 0.299. The Morgan fingerprint density at radius 2 is 1.67 bits per heavy atom. The van der Waals surface area contributed by atoms with Gasteiger partial charge in [-0.3, -0.25) is 4.79 Å². The molecule has 7 heteroatoms. The fourth-order valence-electron chi connectivity index (χ4n) is 2.51. The molecule has 2 aromatic rings. The third kappa shape index (κ3) is 6.22. The van der Waals surface area contributed by atoms with Crippen LogP contribution in [-0.2, 0) is 22.6 Å². The summed E-state index contributed by atoms with van der Waals surface area (Å²) in [5, 5.41) is 18.0. The van der Waals surface area contributed by atoms with Crippen molar-refractivity contribution in [2.75, 3.05) is 6.54 Å². The van der Waals surface area contributed by atoms with Gasteiger partial charge in [-0.05, 0) is 42.2 Å². The van der Waals surface area contributed by atoms with E-state index >= 15 is 0 Å². The quantitative estimate of drug-likeness (QED) is 0.547. The molecule has 0 aliphatic rings. The molecule has 0 heterocycles. The number of amides is 1. The summed E-state index contributed by atoms with van der Waals surface area (Å²) >= 11 is 0. The van der Waals surface area contributed by atoms with Crippen molar-refractivity contribution >= 4 is 11.9 Å². The molecule has 1 amide bonds. The molecule has 142 valence electrons. The molecule has 2 aromatic carbocycles. The lowest BCUT2D eigenvalue weighted by Crippen LogP contribution is -2.31. The van der Waals surface area contributed by atoms with Gasteiger partial charge in [0.15, 0.2) is 0 Å². The maximum absolute atomic E-state index is 13.7. The predicted molar refractivity (Wildman–Crippen MR) is 94.9 cm³/mol. The Morgan fingerprint density at radius 1 is 1.00 bits per heavy atom. The number of benzene rings is 2. The number of carbonyl (C=O) groups is 2.